The van der Waals surface area contributed by atoms with Gasteiger partial charge in [-0.3, -0.25) is 0 Å². The Balaban J connectivity index is 3.83. The van der Waals surface area contributed by atoms with Crippen LogP contribution < -0.4 is 0 Å². The molecule has 0 aliphatic carbocycles. The molecule has 0 spiro atoms. The summed E-state index contributed by atoms with van der Waals surface area (Å²) in [5.74, 6) is 2.64. The zero-order chi connectivity index (χ0) is 12.7. The van der Waals surface area contributed by atoms with Crippen molar-refractivity contribution in [3.8, 4) is 0 Å². The molecule has 0 aromatic rings. The molecule has 0 amide bonds. The molecule has 0 aliphatic rings. The van der Waals surface area contributed by atoms with E-state index in [4.69, 9.17) is 0 Å². The van der Waals surface area contributed by atoms with Gasteiger partial charge in [0.1, 0.15) is 0 Å². The molecule has 5 unspecified atom stereocenters. The summed E-state index contributed by atoms with van der Waals surface area (Å²) in [5.41, 5.74) is 0. The molecule has 98 valence electrons. The Morgan fingerprint density at radius 1 is 0.875 bits per heavy atom. The van der Waals surface area contributed by atoms with Crippen molar-refractivity contribution in [2.75, 3.05) is 0 Å². The van der Waals surface area contributed by atoms with Crippen LogP contribution in [0.3, 0.4) is 0 Å². The second-order valence-corrected chi connectivity index (χ2v) is 5.88. The van der Waals surface area contributed by atoms with Gasteiger partial charge in [0.15, 0.2) is 0 Å². The van der Waals surface area contributed by atoms with E-state index in [1.807, 2.05) is 6.92 Å². The van der Waals surface area contributed by atoms with Crippen LogP contribution in [0.15, 0.2) is 0 Å². The van der Waals surface area contributed by atoms with Crippen molar-refractivity contribution in [2.45, 2.75) is 73.3 Å². The lowest BCUT2D eigenvalue weighted by molar-refractivity contribution is 0.0824. The number of aliphatic hydroxyl groups is 1. The average molecular weight is 228 g/mol. The third-order valence-electron chi connectivity index (χ3n) is 4.54. The van der Waals surface area contributed by atoms with Crippen LogP contribution in [0.2, 0.25) is 0 Å². The van der Waals surface area contributed by atoms with Crippen LogP contribution in [0, 0.1) is 23.7 Å². The van der Waals surface area contributed by atoms with Gasteiger partial charge in [-0.05, 0) is 30.6 Å². The maximum atomic E-state index is 9.59. The Hall–Kier alpha value is -0.0400. The van der Waals surface area contributed by atoms with Crippen LogP contribution in [-0.4, -0.2) is 11.2 Å². The van der Waals surface area contributed by atoms with E-state index in [0.717, 1.165) is 11.8 Å². The Bertz CT molecular complexity index is 165. The standard InChI is InChI=1S/C15H32O/c1-7-11(2)9-8-10-12(3)13(4)14(5)15(6)16/h11-16H,7-10H2,1-6H3. The molecule has 1 heteroatoms. The molecule has 0 bridgehead atoms. The highest BCUT2D eigenvalue weighted by atomic mass is 16.3. The summed E-state index contributed by atoms with van der Waals surface area (Å²) < 4.78 is 0. The third kappa shape index (κ3) is 5.89. The van der Waals surface area contributed by atoms with Gasteiger partial charge in [0.05, 0.1) is 6.10 Å². The fraction of sp³-hybridized carbons (Fsp3) is 1.00. The van der Waals surface area contributed by atoms with Crippen molar-refractivity contribution < 1.29 is 5.11 Å². The Morgan fingerprint density at radius 3 is 1.88 bits per heavy atom. The average Bonchev–Trinajstić information content (AvgIpc) is 2.26. The second-order valence-electron chi connectivity index (χ2n) is 5.88. The Labute approximate surface area is 103 Å². The third-order valence-corrected chi connectivity index (χ3v) is 4.54. The SMILES string of the molecule is CCC(C)CCCC(C)C(C)C(C)C(C)O. The summed E-state index contributed by atoms with van der Waals surface area (Å²) >= 11 is 0. The highest BCUT2D eigenvalue weighted by molar-refractivity contribution is 4.72. The first-order valence-corrected chi connectivity index (χ1v) is 7.08. The highest BCUT2D eigenvalue weighted by Crippen LogP contribution is 2.27. The topological polar surface area (TPSA) is 20.2 Å². The first kappa shape index (κ1) is 16.0. The molecular weight excluding hydrogens is 196 g/mol. The van der Waals surface area contributed by atoms with Gasteiger partial charge in [-0.15, -0.1) is 0 Å². The first-order chi connectivity index (χ1) is 7.40. The monoisotopic (exact) mass is 228 g/mol. The van der Waals surface area contributed by atoms with E-state index in [1.165, 1.54) is 25.7 Å². The minimum Gasteiger partial charge on any atom is -0.393 e. The fourth-order valence-corrected chi connectivity index (χ4v) is 2.21. The van der Waals surface area contributed by atoms with Gasteiger partial charge in [0.2, 0.25) is 0 Å². The zero-order valence-corrected chi connectivity index (χ0v) is 12.2. The van der Waals surface area contributed by atoms with Crippen LogP contribution >= 0.6 is 0 Å². The minimum atomic E-state index is -0.174. The van der Waals surface area contributed by atoms with E-state index in [-0.39, 0.29) is 6.10 Å². The maximum Gasteiger partial charge on any atom is 0.0540 e. The Kier molecular flexibility index (Phi) is 8.09. The minimum absolute atomic E-state index is 0.174. The first-order valence-electron chi connectivity index (χ1n) is 7.08. The number of rotatable bonds is 8. The molecule has 5 atom stereocenters. The van der Waals surface area contributed by atoms with Gasteiger partial charge in [0, 0.05) is 0 Å². The predicted molar refractivity (Wildman–Crippen MR) is 72.5 cm³/mol. The molecule has 0 aromatic heterocycles. The predicted octanol–water partition coefficient (Wildman–Crippen LogP) is 4.49. The number of hydrogen-bond acceptors (Lipinski definition) is 1. The van der Waals surface area contributed by atoms with Crippen molar-refractivity contribution >= 4 is 0 Å². The van der Waals surface area contributed by atoms with Crippen LogP contribution in [0.25, 0.3) is 0 Å². The van der Waals surface area contributed by atoms with E-state index in [1.54, 1.807) is 0 Å². The summed E-state index contributed by atoms with van der Waals surface area (Å²) in [6.07, 6.45) is 5.13. The zero-order valence-electron chi connectivity index (χ0n) is 12.2. The van der Waals surface area contributed by atoms with Crippen molar-refractivity contribution in [3.05, 3.63) is 0 Å². The molecule has 0 heterocycles. The van der Waals surface area contributed by atoms with Crippen LogP contribution in [0.1, 0.15) is 67.2 Å². The smallest absolute Gasteiger partial charge is 0.0540 e. The molecule has 0 saturated carbocycles. The number of hydrogen-bond donors (Lipinski definition) is 1. The summed E-state index contributed by atoms with van der Waals surface area (Å²) in [5, 5.41) is 9.59. The van der Waals surface area contributed by atoms with E-state index in [9.17, 15) is 5.11 Å². The van der Waals surface area contributed by atoms with E-state index >= 15 is 0 Å². The van der Waals surface area contributed by atoms with E-state index in [0.29, 0.717) is 11.8 Å². The molecule has 0 aliphatic heterocycles. The van der Waals surface area contributed by atoms with Gasteiger partial charge in [-0.2, -0.15) is 0 Å². The largest absolute Gasteiger partial charge is 0.393 e. The molecule has 1 nitrogen and oxygen atoms in total. The van der Waals surface area contributed by atoms with E-state index < -0.39 is 0 Å². The molecule has 0 radical (unpaired) electrons. The maximum absolute atomic E-state index is 9.59. The van der Waals surface area contributed by atoms with E-state index in [2.05, 4.69) is 34.6 Å². The fourth-order valence-electron chi connectivity index (χ4n) is 2.21. The van der Waals surface area contributed by atoms with Gasteiger partial charge >= 0.3 is 0 Å². The normalized spacial score (nSPS) is 21.2. The lowest BCUT2D eigenvalue weighted by Crippen LogP contribution is -2.25. The van der Waals surface area contributed by atoms with Gasteiger partial charge in [0.25, 0.3) is 0 Å². The molecule has 1 N–H and O–H groups in total. The Morgan fingerprint density at radius 2 is 1.44 bits per heavy atom. The summed E-state index contributed by atoms with van der Waals surface area (Å²) in [6.45, 7) is 13.3. The summed E-state index contributed by atoms with van der Waals surface area (Å²) in [6, 6.07) is 0. The van der Waals surface area contributed by atoms with Crippen LogP contribution in [-0.2, 0) is 0 Å². The van der Waals surface area contributed by atoms with Gasteiger partial charge in [-0.1, -0.05) is 60.3 Å². The molecule has 0 aromatic carbocycles. The molecule has 16 heavy (non-hydrogen) atoms. The van der Waals surface area contributed by atoms with Gasteiger partial charge in [-0.25, -0.2) is 0 Å². The molecule has 0 rings (SSSR count). The van der Waals surface area contributed by atoms with Crippen molar-refractivity contribution in [1.82, 2.24) is 0 Å². The van der Waals surface area contributed by atoms with Crippen molar-refractivity contribution in [3.63, 3.8) is 0 Å². The van der Waals surface area contributed by atoms with Crippen LogP contribution in [0.4, 0.5) is 0 Å². The van der Waals surface area contributed by atoms with Crippen molar-refractivity contribution in [1.29, 1.82) is 0 Å². The molecule has 0 saturated heterocycles. The lowest BCUT2D eigenvalue weighted by Gasteiger charge is -2.28. The second kappa shape index (κ2) is 8.11. The molecule has 0 fully saturated rings. The molecular formula is C15H32O. The summed E-state index contributed by atoms with van der Waals surface area (Å²) in [4.78, 5) is 0. The lowest BCUT2D eigenvalue weighted by atomic mass is 9.79. The van der Waals surface area contributed by atoms with Crippen molar-refractivity contribution in [2.24, 2.45) is 23.7 Å². The van der Waals surface area contributed by atoms with Gasteiger partial charge < -0.3 is 5.11 Å². The summed E-state index contributed by atoms with van der Waals surface area (Å²) in [7, 11) is 0. The quantitative estimate of drug-likeness (QED) is 0.649. The van der Waals surface area contributed by atoms with Crippen LogP contribution in [0.5, 0.6) is 0 Å². The number of aliphatic hydroxyl groups excluding tert-OH is 1. The highest BCUT2D eigenvalue weighted by Gasteiger charge is 2.22.